The van der Waals surface area contributed by atoms with Crippen molar-refractivity contribution in [2.24, 2.45) is 0 Å². The summed E-state index contributed by atoms with van der Waals surface area (Å²) in [6.07, 6.45) is -4.21. The molecule has 118 valence electrons. The number of amides is 1. The average Bonchev–Trinajstić information content (AvgIpc) is 2.37. The number of carbonyl (C=O) groups excluding carboxylic acids is 1. The van der Waals surface area contributed by atoms with Crippen molar-refractivity contribution in [1.82, 2.24) is 5.32 Å². The zero-order valence-corrected chi connectivity index (χ0v) is 11.7. The number of rotatable bonds is 6. The summed E-state index contributed by atoms with van der Waals surface area (Å²) < 4.78 is 44.9. The van der Waals surface area contributed by atoms with Crippen LogP contribution in [0.1, 0.15) is 23.7 Å². The maximum atomic E-state index is 12.1. The first kappa shape index (κ1) is 17.1. The van der Waals surface area contributed by atoms with Gasteiger partial charge in [-0.15, -0.1) is 13.2 Å². The van der Waals surface area contributed by atoms with Crippen molar-refractivity contribution < 1.29 is 27.4 Å². The normalized spacial score (nSPS) is 12.8. The summed E-state index contributed by atoms with van der Waals surface area (Å²) in [6, 6.07) is 3.23. The van der Waals surface area contributed by atoms with Crippen LogP contribution in [0.3, 0.4) is 0 Å². The minimum Gasteiger partial charge on any atom is -0.404 e. The number of halogens is 3. The highest BCUT2D eigenvalue weighted by Crippen LogP contribution is 2.28. The molecule has 3 N–H and O–H groups in total. The number of hydrogen-bond donors (Lipinski definition) is 2. The number of benzene rings is 1. The van der Waals surface area contributed by atoms with Crippen LogP contribution in [0, 0.1) is 0 Å². The molecule has 0 aliphatic heterocycles. The predicted octanol–water partition coefficient (Wildman–Crippen LogP) is 2.32. The van der Waals surface area contributed by atoms with Gasteiger partial charge in [-0.25, -0.2) is 0 Å². The third-order valence-electron chi connectivity index (χ3n) is 2.63. The van der Waals surface area contributed by atoms with Crippen molar-refractivity contribution in [3.8, 4) is 5.75 Å². The highest BCUT2D eigenvalue weighted by atomic mass is 19.4. The van der Waals surface area contributed by atoms with Crippen molar-refractivity contribution in [2.75, 3.05) is 19.5 Å². The van der Waals surface area contributed by atoms with E-state index in [1.807, 2.05) is 0 Å². The van der Waals surface area contributed by atoms with E-state index < -0.39 is 18.0 Å². The Hall–Kier alpha value is -1.96. The van der Waals surface area contributed by atoms with Crippen molar-refractivity contribution in [3.63, 3.8) is 0 Å². The Labute approximate surface area is 120 Å². The Morgan fingerprint density at radius 3 is 2.62 bits per heavy atom. The number of methoxy groups -OCH3 is 1. The smallest absolute Gasteiger partial charge is 0.404 e. The average molecular weight is 306 g/mol. The van der Waals surface area contributed by atoms with Crippen LogP contribution in [0.4, 0.5) is 18.9 Å². The number of alkyl halides is 3. The number of nitrogen functional groups attached to an aromatic ring is 1. The molecule has 0 saturated heterocycles. The number of hydrogen-bond acceptors (Lipinski definition) is 4. The fourth-order valence-electron chi connectivity index (χ4n) is 1.58. The molecule has 1 aromatic rings. The summed E-state index contributed by atoms with van der Waals surface area (Å²) in [5.41, 5.74) is 5.35. The van der Waals surface area contributed by atoms with Gasteiger partial charge in [-0.1, -0.05) is 0 Å². The van der Waals surface area contributed by atoms with Crippen LogP contribution >= 0.6 is 0 Å². The number of ether oxygens (including phenoxy) is 2. The van der Waals surface area contributed by atoms with Gasteiger partial charge >= 0.3 is 6.36 Å². The van der Waals surface area contributed by atoms with Crippen LogP contribution in [0.5, 0.6) is 5.75 Å². The Morgan fingerprint density at radius 2 is 2.10 bits per heavy atom. The number of nitrogens with one attached hydrogen (secondary N) is 1. The zero-order chi connectivity index (χ0) is 16.0. The van der Waals surface area contributed by atoms with E-state index in [4.69, 9.17) is 10.5 Å². The maximum absolute atomic E-state index is 12.1. The van der Waals surface area contributed by atoms with E-state index in [1.165, 1.54) is 6.07 Å². The van der Waals surface area contributed by atoms with E-state index in [1.54, 1.807) is 14.0 Å². The number of carbonyl (C=O) groups is 1. The molecule has 0 aromatic heterocycles. The molecule has 0 heterocycles. The molecule has 0 radical (unpaired) electrons. The van der Waals surface area contributed by atoms with E-state index in [9.17, 15) is 18.0 Å². The largest absolute Gasteiger partial charge is 0.573 e. The van der Waals surface area contributed by atoms with Gasteiger partial charge in [0.05, 0.1) is 5.69 Å². The summed E-state index contributed by atoms with van der Waals surface area (Å²) in [7, 11) is 1.55. The van der Waals surface area contributed by atoms with E-state index >= 15 is 0 Å². The van der Waals surface area contributed by atoms with Gasteiger partial charge in [0.25, 0.3) is 5.91 Å². The standard InChI is InChI=1S/C13H17F3N2O3/c1-8(5-6-20-2)18-12(19)9-3-4-11(10(17)7-9)21-13(14,15)16/h3-4,7-8H,5-6,17H2,1-2H3,(H,18,19). The second-order valence-electron chi connectivity index (χ2n) is 4.46. The molecule has 1 unspecified atom stereocenters. The Morgan fingerprint density at radius 1 is 1.43 bits per heavy atom. The lowest BCUT2D eigenvalue weighted by atomic mass is 10.1. The quantitative estimate of drug-likeness (QED) is 0.791. The van der Waals surface area contributed by atoms with E-state index in [2.05, 4.69) is 10.1 Å². The molecule has 0 fully saturated rings. The van der Waals surface area contributed by atoms with Crippen LogP contribution in [0.15, 0.2) is 18.2 Å². The van der Waals surface area contributed by atoms with Gasteiger partial charge in [-0.05, 0) is 31.5 Å². The van der Waals surface area contributed by atoms with Gasteiger partial charge in [-0.3, -0.25) is 4.79 Å². The molecule has 0 bridgehead atoms. The van der Waals surface area contributed by atoms with Gasteiger partial charge in [0.2, 0.25) is 0 Å². The van der Waals surface area contributed by atoms with Gasteiger partial charge in [0.1, 0.15) is 0 Å². The second-order valence-corrected chi connectivity index (χ2v) is 4.46. The fraction of sp³-hybridized carbons (Fsp3) is 0.462. The minimum absolute atomic E-state index is 0.134. The van der Waals surface area contributed by atoms with Crippen LogP contribution in [-0.4, -0.2) is 32.0 Å². The molecule has 8 heteroatoms. The van der Waals surface area contributed by atoms with Crippen molar-refractivity contribution >= 4 is 11.6 Å². The summed E-state index contributed by atoms with van der Waals surface area (Å²) >= 11 is 0. The fourth-order valence-corrected chi connectivity index (χ4v) is 1.58. The molecular formula is C13H17F3N2O3. The van der Waals surface area contributed by atoms with E-state index in [0.29, 0.717) is 13.0 Å². The Balaban J connectivity index is 2.72. The Kier molecular flexibility index (Phi) is 5.83. The van der Waals surface area contributed by atoms with Gasteiger partial charge in [0, 0.05) is 25.3 Å². The van der Waals surface area contributed by atoms with E-state index in [0.717, 1.165) is 12.1 Å². The number of nitrogens with two attached hydrogens (primary N) is 1. The molecule has 0 aliphatic carbocycles. The van der Waals surface area contributed by atoms with Crippen molar-refractivity contribution in [1.29, 1.82) is 0 Å². The lowest BCUT2D eigenvalue weighted by Gasteiger charge is -2.15. The first-order valence-electron chi connectivity index (χ1n) is 6.18. The van der Waals surface area contributed by atoms with Crippen LogP contribution in [0.25, 0.3) is 0 Å². The third-order valence-corrected chi connectivity index (χ3v) is 2.63. The predicted molar refractivity (Wildman–Crippen MR) is 71.0 cm³/mol. The third kappa shape index (κ3) is 5.90. The molecule has 5 nitrogen and oxygen atoms in total. The molecule has 1 atom stereocenters. The topological polar surface area (TPSA) is 73.6 Å². The molecule has 1 rings (SSSR count). The number of anilines is 1. The molecule has 0 saturated carbocycles. The Bertz CT molecular complexity index is 492. The van der Waals surface area contributed by atoms with Crippen molar-refractivity contribution in [2.45, 2.75) is 25.7 Å². The SMILES string of the molecule is COCCC(C)NC(=O)c1ccc(OC(F)(F)F)c(N)c1. The zero-order valence-electron chi connectivity index (χ0n) is 11.7. The van der Waals surface area contributed by atoms with Crippen molar-refractivity contribution in [3.05, 3.63) is 23.8 Å². The lowest BCUT2D eigenvalue weighted by Crippen LogP contribution is -2.33. The van der Waals surface area contributed by atoms with Gasteiger partial charge in [-0.2, -0.15) is 0 Å². The highest BCUT2D eigenvalue weighted by molar-refractivity contribution is 5.95. The summed E-state index contributed by atoms with van der Waals surface area (Å²) in [5, 5.41) is 2.69. The summed E-state index contributed by atoms with van der Waals surface area (Å²) in [5.74, 6) is -0.963. The van der Waals surface area contributed by atoms with Crippen LogP contribution in [-0.2, 0) is 4.74 Å². The molecule has 1 amide bonds. The first-order chi connectivity index (χ1) is 9.73. The molecule has 0 aliphatic rings. The highest BCUT2D eigenvalue weighted by Gasteiger charge is 2.32. The molecule has 21 heavy (non-hydrogen) atoms. The maximum Gasteiger partial charge on any atom is 0.573 e. The van der Waals surface area contributed by atoms with Gasteiger partial charge < -0.3 is 20.5 Å². The summed E-state index contributed by atoms with van der Waals surface area (Å²) in [6.45, 7) is 2.28. The molecule has 1 aromatic carbocycles. The molecular weight excluding hydrogens is 289 g/mol. The van der Waals surface area contributed by atoms with Crippen LogP contribution < -0.4 is 15.8 Å². The van der Waals surface area contributed by atoms with E-state index in [-0.39, 0.29) is 17.3 Å². The van der Waals surface area contributed by atoms with Crippen LogP contribution in [0.2, 0.25) is 0 Å². The molecule has 0 spiro atoms. The minimum atomic E-state index is -4.83. The first-order valence-corrected chi connectivity index (χ1v) is 6.18. The van der Waals surface area contributed by atoms with Gasteiger partial charge in [0.15, 0.2) is 5.75 Å². The second kappa shape index (κ2) is 7.16. The lowest BCUT2D eigenvalue weighted by molar-refractivity contribution is -0.274. The monoisotopic (exact) mass is 306 g/mol. The summed E-state index contributed by atoms with van der Waals surface area (Å²) in [4.78, 5) is 11.9.